The van der Waals surface area contributed by atoms with E-state index in [9.17, 15) is 14.9 Å². The third-order valence-electron chi connectivity index (χ3n) is 4.91. The summed E-state index contributed by atoms with van der Waals surface area (Å²) in [6.45, 7) is 6.18. The van der Waals surface area contributed by atoms with Crippen molar-refractivity contribution >= 4 is 17.3 Å². The molecule has 0 aliphatic carbocycles. The molecule has 2 heterocycles. The van der Waals surface area contributed by atoms with Crippen molar-refractivity contribution in [2.45, 2.75) is 27.3 Å². The predicted molar refractivity (Wildman–Crippen MR) is 122 cm³/mol. The largest absolute Gasteiger partial charge is 0.457 e. The first-order valence-electron chi connectivity index (χ1n) is 10.2. The molecule has 0 unspecified atom stereocenters. The van der Waals surface area contributed by atoms with Crippen LogP contribution in [0.25, 0.3) is 0 Å². The molecule has 4 rings (SSSR count). The monoisotopic (exact) mass is 446 g/mol. The maximum atomic E-state index is 12.7. The molecule has 0 aliphatic rings. The second-order valence-corrected chi connectivity index (χ2v) is 7.69. The molecule has 0 saturated heterocycles. The van der Waals surface area contributed by atoms with E-state index in [0.717, 1.165) is 17.0 Å². The Labute approximate surface area is 189 Å². The summed E-state index contributed by atoms with van der Waals surface area (Å²) < 4.78 is 13.2. The highest BCUT2D eigenvalue weighted by atomic mass is 16.6. The summed E-state index contributed by atoms with van der Waals surface area (Å²) in [5.41, 5.74) is 2.94. The molecule has 1 N–H and O–H groups in total. The molecule has 168 valence electrons. The van der Waals surface area contributed by atoms with Gasteiger partial charge in [-0.1, -0.05) is 17.7 Å². The van der Waals surface area contributed by atoms with Gasteiger partial charge in [-0.2, -0.15) is 5.10 Å². The lowest BCUT2D eigenvalue weighted by Crippen LogP contribution is -2.11. The number of furan rings is 1. The smallest absolute Gasteiger partial charge is 0.291 e. The van der Waals surface area contributed by atoms with Crippen LogP contribution in [-0.2, 0) is 6.54 Å². The molecular weight excluding hydrogens is 424 g/mol. The van der Waals surface area contributed by atoms with Crippen LogP contribution in [0.2, 0.25) is 0 Å². The quantitative estimate of drug-likeness (QED) is 0.300. The van der Waals surface area contributed by atoms with Crippen molar-refractivity contribution in [3.05, 3.63) is 99.2 Å². The molecule has 9 heteroatoms. The standard InChI is InChI=1S/C24H22N4O5/c1-15-4-6-20(7-5-15)32-22-12-18(11-19(13-22)28(30)31)25-24(29)23-9-8-21(33-23)14-27-17(3)10-16(2)26-27/h4-13H,14H2,1-3H3,(H,25,29). The second kappa shape index (κ2) is 8.99. The first-order chi connectivity index (χ1) is 15.8. The topological polar surface area (TPSA) is 112 Å². The lowest BCUT2D eigenvalue weighted by atomic mass is 10.2. The van der Waals surface area contributed by atoms with E-state index in [4.69, 9.17) is 9.15 Å². The van der Waals surface area contributed by atoms with Gasteiger partial charge in [0, 0.05) is 17.8 Å². The number of nitrogens with one attached hydrogen (secondary N) is 1. The number of aryl methyl sites for hydroxylation is 3. The number of hydrogen-bond acceptors (Lipinski definition) is 6. The normalized spacial score (nSPS) is 10.8. The summed E-state index contributed by atoms with van der Waals surface area (Å²) >= 11 is 0. The molecule has 0 radical (unpaired) electrons. The molecule has 0 saturated carbocycles. The zero-order chi connectivity index (χ0) is 23.5. The summed E-state index contributed by atoms with van der Waals surface area (Å²) in [6.07, 6.45) is 0. The Bertz CT molecular complexity index is 1320. The van der Waals surface area contributed by atoms with Gasteiger partial charge >= 0.3 is 0 Å². The number of benzene rings is 2. The van der Waals surface area contributed by atoms with E-state index in [0.29, 0.717) is 18.1 Å². The highest BCUT2D eigenvalue weighted by Gasteiger charge is 2.17. The van der Waals surface area contributed by atoms with Gasteiger partial charge in [0.25, 0.3) is 11.6 Å². The third kappa shape index (κ3) is 5.27. The summed E-state index contributed by atoms with van der Waals surface area (Å²) in [7, 11) is 0. The Morgan fingerprint density at radius 1 is 1.06 bits per heavy atom. The van der Waals surface area contributed by atoms with Crippen LogP contribution in [0.15, 0.2) is 65.1 Å². The Balaban J connectivity index is 1.51. The molecule has 4 aromatic rings. The van der Waals surface area contributed by atoms with Crippen LogP contribution in [0.1, 0.15) is 33.3 Å². The van der Waals surface area contributed by atoms with Gasteiger partial charge in [0.05, 0.1) is 28.9 Å². The summed E-state index contributed by atoms with van der Waals surface area (Å²) in [6, 6.07) is 16.6. The highest BCUT2D eigenvalue weighted by molar-refractivity contribution is 6.02. The minimum atomic E-state index is -0.545. The fourth-order valence-corrected chi connectivity index (χ4v) is 3.32. The van der Waals surface area contributed by atoms with Gasteiger partial charge in [0.15, 0.2) is 5.76 Å². The summed E-state index contributed by atoms with van der Waals surface area (Å²) in [4.78, 5) is 23.5. The fraction of sp³-hybridized carbons (Fsp3) is 0.167. The van der Waals surface area contributed by atoms with Crippen molar-refractivity contribution in [3.63, 3.8) is 0 Å². The van der Waals surface area contributed by atoms with Crippen LogP contribution in [-0.4, -0.2) is 20.6 Å². The number of non-ortho nitro benzene ring substituents is 1. The highest BCUT2D eigenvalue weighted by Crippen LogP contribution is 2.30. The average molecular weight is 446 g/mol. The number of ether oxygens (including phenoxy) is 1. The number of rotatable bonds is 7. The van der Waals surface area contributed by atoms with Crippen LogP contribution in [0, 0.1) is 30.9 Å². The summed E-state index contributed by atoms with van der Waals surface area (Å²) in [5.74, 6) is 0.871. The summed E-state index contributed by atoms with van der Waals surface area (Å²) in [5, 5.41) is 18.4. The molecule has 2 aromatic carbocycles. The van der Waals surface area contributed by atoms with E-state index in [1.165, 1.54) is 18.2 Å². The Hall–Kier alpha value is -4.40. The lowest BCUT2D eigenvalue weighted by molar-refractivity contribution is -0.384. The number of amides is 1. The van der Waals surface area contributed by atoms with Crippen molar-refractivity contribution in [2.75, 3.05) is 5.32 Å². The van der Waals surface area contributed by atoms with Crippen molar-refractivity contribution in [1.82, 2.24) is 9.78 Å². The Kier molecular flexibility index (Phi) is 5.95. The van der Waals surface area contributed by atoms with E-state index in [2.05, 4.69) is 10.4 Å². The second-order valence-electron chi connectivity index (χ2n) is 7.69. The number of aromatic nitrogens is 2. The van der Waals surface area contributed by atoms with Crippen LogP contribution in [0.5, 0.6) is 11.5 Å². The molecule has 0 spiro atoms. The molecule has 0 fully saturated rings. The third-order valence-corrected chi connectivity index (χ3v) is 4.91. The van der Waals surface area contributed by atoms with E-state index >= 15 is 0 Å². The van der Waals surface area contributed by atoms with Crippen molar-refractivity contribution in [3.8, 4) is 11.5 Å². The first-order valence-corrected chi connectivity index (χ1v) is 10.2. The van der Waals surface area contributed by atoms with Gasteiger partial charge in [0.1, 0.15) is 17.3 Å². The van der Waals surface area contributed by atoms with Crippen LogP contribution in [0.3, 0.4) is 0 Å². The van der Waals surface area contributed by atoms with Crippen molar-refractivity contribution in [2.24, 2.45) is 0 Å². The van der Waals surface area contributed by atoms with E-state index in [1.54, 1.807) is 28.9 Å². The van der Waals surface area contributed by atoms with Crippen LogP contribution in [0.4, 0.5) is 11.4 Å². The molecule has 2 aromatic heterocycles. The average Bonchev–Trinajstić information content (AvgIpc) is 3.35. The number of nitrogens with zero attached hydrogens (tertiary/aromatic N) is 3. The van der Waals surface area contributed by atoms with E-state index < -0.39 is 10.8 Å². The maximum Gasteiger partial charge on any atom is 0.291 e. The molecule has 0 aliphatic heterocycles. The van der Waals surface area contributed by atoms with Crippen LogP contribution >= 0.6 is 0 Å². The number of anilines is 1. The van der Waals surface area contributed by atoms with Gasteiger partial charge in [-0.15, -0.1) is 0 Å². The number of carbonyl (C=O) groups is 1. The molecule has 1 amide bonds. The molecule has 0 bridgehead atoms. The van der Waals surface area contributed by atoms with E-state index in [-0.39, 0.29) is 22.9 Å². The molecule has 33 heavy (non-hydrogen) atoms. The minimum absolute atomic E-state index is 0.0824. The Morgan fingerprint density at radius 2 is 1.82 bits per heavy atom. The first kappa shape index (κ1) is 21.8. The zero-order valence-corrected chi connectivity index (χ0v) is 18.4. The fourth-order valence-electron chi connectivity index (χ4n) is 3.32. The lowest BCUT2D eigenvalue weighted by Gasteiger charge is -2.09. The maximum absolute atomic E-state index is 12.7. The van der Waals surface area contributed by atoms with Crippen molar-refractivity contribution in [1.29, 1.82) is 0 Å². The number of nitro benzene ring substituents is 1. The predicted octanol–water partition coefficient (Wildman–Crippen LogP) is 5.40. The number of hydrogen-bond donors (Lipinski definition) is 1. The minimum Gasteiger partial charge on any atom is -0.457 e. The van der Waals surface area contributed by atoms with E-state index in [1.807, 2.05) is 39.0 Å². The number of nitro groups is 1. The van der Waals surface area contributed by atoms with Gasteiger partial charge in [-0.05, 0) is 51.1 Å². The van der Waals surface area contributed by atoms with Gasteiger partial charge in [0.2, 0.25) is 0 Å². The Morgan fingerprint density at radius 3 is 2.48 bits per heavy atom. The zero-order valence-electron chi connectivity index (χ0n) is 18.4. The van der Waals surface area contributed by atoms with Gasteiger partial charge in [-0.3, -0.25) is 19.6 Å². The SMILES string of the molecule is Cc1ccc(Oc2cc(NC(=O)c3ccc(Cn4nc(C)cc4C)o3)cc([N+](=O)[O-])c2)cc1. The molecule has 0 atom stereocenters. The van der Waals surface area contributed by atoms with Gasteiger partial charge < -0.3 is 14.5 Å². The van der Waals surface area contributed by atoms with Crippen LogP contribution < -0.4 is 10.1 Å². The number of carbonyl (C=O) groups excluding carboxylic acids is 1. The molecule has 9 nitrogen and oxygen atoms in total. The van der Waals surface area contributed by atoms with Crippen molar-refractivity contribution < 1.29 is 18.9 Å². The molecular formula is C24H22N4O5. The van der Waals surface area contributed by atoms with Gasteiger partial charge in [-0.25, -0.2) is 0 Å².